The molecular formula is C18H16N4O3. The van der Waals surface area contributed by atoms with Crippen molar-refractivity contribution in [2.45, 2.75) is 19.3 Å². The van der Waals surface area contributed by atoms with Crippen molar-refractivity contribution in [3.05, 3.63) is 64.3 Å². The Hall–Kier alpha value is -3.22. The normalized spacial score (nSPS) is 17.2. The summed E-state index contributed by atoms with van der Waals surface area (Å²) in [6.45, 7) is 2.48. The second-order valence-corrected chi connectivity index (χ2v) is 6.12. The summed E-state index contributed by atoms with van der Waals surface area (Å²) in [5.74, 6) is 0.480. The van der Waals surface area contributed by atoms with E-state index in [4.69, 9.17) is 4.52 Å². The van der Waals surface area contributed by atoms with E-state index in [1.165, 1.54) is 0 Å². The molecule has 25 heavy (non-hydrogen) atoms. The molecule has 1 saturated heterocycles. The summed E-state index contributed by atoms with van der Waals surface area (Å²) in [6, 6.07) is 11.1. The fourth-order valence-corrected chi connectivity index (χ4v) is 3.03. The predicted octanol–water partition coefficient (Wildman–Crippen LogP) is 2.25. The number of nitrogens with one attached hydrogen (secondary N) is 1. The lowest BCUT2D eigenvalue weighted by Crippen LogP contribution is -2.24. The van der Waals surface area contributed by atoms with Crippen LogP contribution in [0.1, 0.15) is 23.7 Å². The van der Waals surface area contributed by atoms with Gasteiger partial charge in [-0.15, -0.1) is 0 Å². The standard InChI is InChI=1S/C18H16N4O3/c1-11-4-2-5-13(8-11)22-10-12(9-15(22)23)16-20-18(25-21-16)14-6-3-7-19-17(14)24/h2-8,12H,9-10H2,1H3,(H,19,24)/t12-/m0/s1. The third-order valence-corrected chi connectivity index (χ3v) is 4.29. The van der Waals surface area contributed by atoms with Crippen molar-refractivity contribution in [2.24, 2.45) is 0 Å². The van der Waals surface area contributed by atoms with E-state index < -0.39 is 0 Å². The van der Waals surface area contributed by atoms with Crippen molar-refractivity contribution in [2.75, 3.05) is 11.4 Å². The second-order valence-electron chi connectivity index (χ2n) is 6.12. The highest BCUT2D eigenvalue weighted by molar-refractivity contribution is 5.96. The number of rotatable bonds is 3. The fourth-order valence-electron chi connectivity index (χ4n) is 3.03. The molecule has 0 radical (unpaired) electrons. The van der Waals surface area contributed by atoms with Crippen LogP contribution < -0.4 is 10.5 Å². The molecule has 0 spiro atoms. The lowest BCUT2D eigenvalue weighted by Gasteiger charge is -2.16. The number of benzene rings is 1. The van der Waals surface area contributed by atoms with Crippen molar-refractivity contribution >= 4 is 11.6 Å². The van der Waals surface area contributed by atoms with Crippen molar-refractivity contribution in [3.8, 4) is 11.5 Å². The Kier molecular flexibility index (Phi) is 3.68. The molecule has 4 rings (SSSR count). The molecule has 1 fully saturated rings. The van der Waals surface area contributed by atoms with Gasteiger partial charge in [0.25, 0.3) is 11.4 Å². The molecule has 2 aromatic heterocycles. The van der Waals surface area contributed by atoms with Gasteiger partial charge in [0.15, 0.2) is 5.82 Å². The molecule has 0 bridgehead atoms. The summed E-state index contributed by atoms with van der Waals surface area (Å²) in [4.78, 5) is 32.8. The largest absolute Gasteiger partial charge is 0.334 e. The third-order valence-electron chi connectivity index (χ3n) is 4.29. The van der Waals surface area contributed by atoms with E-state index in [2.05, 4.69) is 15.1 Å². The number of carbonyl (C=O) groups is 1. The summed E-state index contributed by atoms with van der Waals surface area (Å²) in [5.41, 5.74) is 2.00. The fraction of sp³-hybridized carbons (Fsp3) is 0.222. The zero-order valence-corrected chi connectivity index (χ0v) is 13.6. The first-order valence-corrected chi connectivity index (χ1v) is 8.00. The van der Waals surface area contributed by atoms with Gasteiger partial charge in [-0.2, -0.15) is 4.98 Å². The first-order chi connectivity index (χ1) is 12.1. The topological polar surface area (TPSA) is 92.1 Å². The maximum Gasteiger partial charge on any atom is 0.263 e. The minimum absolute atomic E-state index is 0.0273. The van der Waals surface area contributed by atoms with Gasteiger partial charge in [0, 0.05) is 30.8 Å². The van der Waals surface area contributed by atoms with Gasteiger partial charge in [-0.25, -0.2) is 0 Å². The van der Waals surface area contributed by atoms with E-state index in [9.17, 15) is 9.59 Å². The first-order valence-electron chi connectivity index (χ1n) is 8.00. The number of aryl methyl sites for hydroxylation is 1. The molecule has 126 valence electrons. The number of hydrogen-bond donors (Lipinski definition) is 1. The van der Waals surface area contributed by atoms with Gasteiger partial charge >= 0.3 is 0 Å². The van der Waals surface area contributed by atoms with Crippen LogP contribution in [0.5, 0.6) is 0 Å². The lowest BCUT2D eigenvalue weighted by molar-refractivity contribution is -0.117. The van der Waals surface area contributed by atoms with E-state index in [1.807, 2.05) is 31.2 Å². The minimum atomic E-state index is -0.290. The zero-order valence-electron chi connectivity index (χ0n) is 13.6. The summed E-state index contributed by atoms with van der Waals surface area (Å²) in [6.07, 6.45) is 1.86. The van der Waals surface area contributed by atoms with Gasteiger partial charge in [0.05, 0.1) is 0 Å². The summed E-state index contributed by atoms with van der Waals surface area (Å²) in [5, 5.41) is 3.98. The molecule has 0 aliphatic carbocycles. The number of anilines is 1. The van der Waals surface area contributed by atoms with Gasteiger partial charge in [-0.1, -0.05) is 17.3 Å². The van der Waals surface area contributed by atoms with Gasteiger partial charge in [-0.3, -0.25) is 9.59 Å². The van der Waals surface area contributed by atoms with Crippen LogP contribution in [0.2, 0.25) is 0 Å². The maximum absolute atomic E-state index is 12.4. The summed E-state index contributed by atoms with van der Waals surface area (Å²) < 4.78 is 5.23. The summed E-state index contributed by atoms with van der Waals surface area (Å²) in [7, 11) is 0. The molecule has 1 amide bonds. The van der Waals surface area contributed by atoms with Gasteiger partial charge in [0.1, 0.15) is 5.56 Å². The van der Waals surface area contributed by atoms with E-state index in [-0.39, 0.29) is 23.3 Å². The molecule has 1 atom stereocenters. The highest BCUT2D eigenvalue weighted by atomic mass is 16.5. The molecule has 7 heteroatoms. The lowest BCUT2D eigenvalue weighted by atomic mass is 10.1. The highest BCUT2D eigenvalue weighted by Crippen LogP contribution is 2.31. The van der Waals surface area contributed by atoms with E-state index in [1.54, 1.807) is 23.2 Å². The van der Waals surface area contributed by atoms with Crippen LogP contribution >= 0.6 is 0 Å². The maximum atomic E-state index is 12.4. The minimum Gasteiger partial charge on any atom is -0.334 e. The van der Waals surface area contributed by atoms with Crippen molar-refractivity contribution in [1.82, 2.24) is 15.1 Å². The SMILES string of the molecule is Cc1cccc(N2C[C@@H](c3noc(-c4ccc[nH]c4=O)n3)CC2=O)c1. The smallest absolute Gasteiger partial charge is 0.263 e. The number of aromatic nitrogens is 3. The molecule has 0 saturated carbocycles. The molecule has 3 aromatic rings. The van der Waals surface area contributed by atoms with Crippen LogP contribution in [0.3, 0.4) is 0 Å². The molecule has 0 unspecified atom stereocenters. The Balaban J connectivity index is 1.59. The average molecular weight is 336 g/mol. The number of pyridine rings is 1. The van der Waals surface area contributed by atoms with E-state index in [0.29, 0.717) is 24.4 Å². The third kappa shape index (κ3) is 2.84. The van der Waals surface area contributed by atoms with Gasteiger partial charge in [0.2, 0.25) is 5.91 Å². The van der Waals surface area contributed by atoms with Gasteiger partial charge in [-0.05, 0) is 36.8 Å². The molecule has 7 nitrogen and oxygen atoms in total. The molecule has 1 aromatic carbocycles. The number of carbonyl (C=O) groups excluding carboxylic acids is 1. The van der Waals surface area contributed by atoms with Crippen LogP contribution in [-0.4, -0.2) is 27.6 Å². The summed E-state index contributed by atoms with van der Waals surface area (Å²) >= 11 is 0. The molecule has 1 N–H and O–H groups in total. The number of H-pyrrole nitrogens is 1. The van der Waals surface area contributed by atoms with Crippen LogP contribution in [0.15, 0.2) is 51.9 Å². The second kappa shape index (κ2) is 6.01. The van der Waals surface area contributed by atoms with E-state index >= 15 is 0 Å². The van der Waals surface area contributed by atoms with E-state index in [0.717, 1.165) is 11.3 Å². The van der Waals surface area contributed by atoms with Gasteiger partial charge < -0.3 is 14.4 Å². The van der Waals surface area contributed by atoms with Crippen LogP contribution in [0.25, 0.3) is 11.5 Å². The number of nitrogens with zero attached hydrogens (tertiary/aromatic N) is 3. The van der Waals surface area contributed by atoms with Crippen molar-refractivity contribution in [3.63, 3.8) is 0 Å². The van der Waals surface area contributed by atoms with Crippen LogP contribution in [-0.2, 0) is 4.79 Å². The predicted molar refractivity (Wildman–Crippen MR) is 91.2 cm³/mol. The van der Waals surface area contributed by atoms with Crippen molar-refractivity contribution in [1.29, 1.82) is 0 Å². The quantitative estimate of drug-likeness (QED) is 0.792. The highest BCUT2D eigenvalue weighted by Gasteiger charge is 2.34. The van der Waals surface area contributed by atoms with Crippen LogP contribution in [0.4, 0.5) is 5.69 Å². The number of amides is 1. The number of aromatic amines is 1. The molecule has 1 aliphatic heterocycles. The Morgan fingerprint density at radius 1 is 1.24 bits per heavy atom. The molecular weight excluding hydrogens is 320 g/mol. The molecule has 3 heterocycles. The Labute approximate surface area is 143 Å². The Morgan fingerprint density at radius 2 is 2.12 bits per heavy atom. The first kappa shape index (κ1) is 15.3. The monoisotopic (exact) mass is 336 g/mol. The van der Waals surface area contributed by atoms with Crippen molar-refractivity contribution < 1.29 is 9.32 Å². The average Bonchev–Trinajstić information content (AvgIpc) is 3.22. The zero-order chi connectivity index (χ0) is 17.4. The molecule has 1 aliphatic rings. The van der Waals surface area contributed by atoms with Crippen LogP contribution in [0, 0.1) is 6.92 Å². The Morgan fingerprint density at radius 3 is 2.92 bits per heavy atom. The Bertz CT molecular complexity index is 991. The number of hydrogen-bond acceptors (Lipinski definition) is 5.